The molecule has 0 radical (unpaired) electrons. The van der Waals surface area contributed by atoms with E-state index in [1.54, 1.807) is 25.2 Å². The second kappa shape index (κ2) is 7.62. The van der Waals surface area contributed by atoms with Crippen LogP contribution >= 0.6 is 0 Å². The Morgan fingerprint density at radius 2 is 2.07 bits per heavy atom. The van der Waals surface area contributed by atoms with E-state index in [4.69, 9.17) is 0 Å². The minimum Gasteiger partial charge on any atom is -0.337 e. The zero-order valence-electron chi connectivity index (χ0n) is 17.4. The number of nitrogens with one attached hydrogen (secondary N) is 2. The first-order valence-electron chi connectivity index (χ1n) is 9.67. The van der Waals surface area contributed by atoms with Crippen LogP contribution in [0, 0.1) is 13.8 Å². The van der Waals surface area contributed by atoms with Crippen molar-refractivity contribution in [2.24, 2.45) is 0 Å². The molecule has 0 saturated carbocycles. The first-order valence-corrected chi connectivity index (χ1v) is 11.1. The minimum absolute atomic E-state index is 0.264. The molecule has 0 saturated heterocycles. The number of hydrogen-bond acceptors (Lipinski definition) is 6. The van der Waals surface area contributed by atoms with Crippen molar-refractivity contribution in [2.75, 3.05) is 23.8 Å². The average Bonchev–Trinajstić information content (AvgIpc) is 3.31. The molecule has 1 aliphatic heterocycles. The molecule has 0 atom stereocenters. The molecule has 0 unspecified atom stereocenters. The van der Waals surface area contributed by atoms with Gasteiger partial charge in [-0.1, -0.05) is 13.0 Å². The summed E-state index contributed by atoms with van der Waals surface area (Å²) in [7, 11) is -1.95. The van der Waals surface area contributed by atoms with Gasteiger partial charge in [-0.2, -0.15) is 5.10 Å². The highest BCUT2D eigenvalue weighted by atomic mass is 32.2. The fourth-order valence-corrected chi connectivity index (χ4v) is 4.54. The van der Waals surface area contributed by atoms with Crippen LogP contribution in [0.1, 0.15) is 24.1 Å². The van der Waals surface area contributed by atoms with Crippen LogP contribution in [-0.2, 0) is 16.6 Å². The SMILES string of the molecule is CCN(C)S(=O)(=O)c1cccc(N2C=C(Nc3cc(C)[nH]n3)n3cc(C)nc3C2)c1. The second-order valence-electron chi connectivity index (χ2n) is 7.29. The summed E-state index contributed by atoms with van der Waals surface area (Å²) in [6, 6.07) is 8.88. The number of sulfonamides is 1. The molecule has 3 aromatic rings. The third-order valence-corrected chi connectivity index (χ3v) is 6.94. The van der Waals surface area contributed by atoms with Gasteiger partial charge in [0, 0.05) is 43.4 Å². The normalized spacial score (nSPS) is 14.0. The molecular weight excluding hydrogens is 402 g/mol. The Kier molecular flexibility index (Phi) is 5.12. The zero-order chi connectivity index (χ0) is 21.5. The van der Waals surface area contributed by atoms with Crippen molar-refractivity contribution in [3.63, 3.8) is 0 Å². The van der Waals surface area contributed by atoms with E-state index in [0.717, 1.165) is 28.7 Å². The largest absolute Gasteiger partial charge is 0.337 e. The van der Waals surface area contributed by atoms with Gasteiger partial charge in [0.05, 0.1) is 17.1 Å². The topological polar surface area (TPSA) is 99.1 Å². The number of aromatic nitrogens is 4. The lowest BCUT2D eigenvalue weighted by Crippen LogP contribution is -2.28. The van der Waals surface area contributed by atoms with Gasteiger partial charge in [0.25, 0.3) is 0 Å². The Bertz CT molecular complexity index is 1210. The van der Waals surface area contributed by atoms with Crippen LogP contribution in [0.3, 0.4) is 0 Å². The fourth-order valence-electron chi connectivity index (χ4n) is 3.32. The predicted octanol–water partition coefficient (Wildman–Crippen LogP) is 2.75. The van der Waals surface area contributed by atoms with Crippen LogP contribution in [0.2, 0.25) is 0 Å². The lowest BCUT2D eigenvalue weighted by molar-refractivity contribution is 0.486. The number of H-pyrrole nitrogens is 1. The molecule has 9 nitrogen and oxygen atoms in total. The van der Waals surface area contributed by atoms with Gasteiger partial charge in [-0.05, 0) is 32.0 Å². The third kappa shape index (κ3) is 3.71. The molecule has 3 heterocycles. The quantitative estimate of drug-likeness (QED) is 0.628. The summed E-state index contributed by atoms with van der Waals surface area (Å²) in [6.45, 7) is 6.62. The molecule has 1 aromatic carbocycles. The van der Waals surface area contributed by atoms with Gasteiger partial charge < -0.3 is 10.2 Å². The number of imidazole rings is 1. The summed E-state index contributed by atoms with van der Waals surface area (Å²) in [6.07, 6.45) is 3.90. The summed E-state index contributed by atoms with van der Waals surface area (Å²) in [5.74, 6) is 2.32. The van der Waals surface area contributed by atoms with E-state index in [-0.39, 0.29) is 4.90 Å². The highest BCUT2D eigenvalue weighted by Crippen LogP contribution is 2.28. The van der Waals surface area contributed by atoms with Gasteiger partial charge in [-0.25, -0.2) is 17.7 Å². The van der Waals surface area contributed by atoms with Crippen molar-refractivity contribution in [2.45, 2.75) is 32.2 Å². The van der Waals surface area contributed by atoms with Crippen molar-refractivity contribution >= 4 is 27.3 Å². The number of hydrogen-bond donors (Lipinski definition) is 2. The second-order valence-corrected chi connectivity index (χ2v) is 9.33. The van der Waals surface area contributed by atoms with Crippen LogP contribution in [0.4, 0.5) is 11.5 Å². The van der Waals surface area contributed by atoms with Gasteiger partial charge in [0.1, 0.15) is 11.6 Å². The summed E-state index contributed by atoms with van der Waals surface area (Å²) in [5, 5.41) is 10.5. The monoisotopic (exact) mass is 427 g/mol. The van der Waals surface area contributed by atoms with Gasteiger partial charge >= 0.3 is 0 Å². The Labute approximate surface area is 176 Å². The Hall–Kier alpha value is -3.11. The zero-order valence-corrected chi connectivity index (χ0v) is 18.2. The minimum atomic E-state index is -3.53. The molecule has 30 heavy (non-hydrogen) atoms. The Balaban J connectivity index is 1.72. The van der Waals surface area contributed by atoms with Gasteiger partial charge in [-0.3, -0.25) is 9.67 Å². The number of benzene rings is 1. The van der Waals surface area contributed by atoms with Crippen molar-refractivity contribution in [1.29, 1.82) is 0 Å². The molecule has 1 aliphatic rings. The Morgan fingerprint density at radius 3 is 2.77 bits per heavy atom. The maximum Gasteiger partial charge on any atom is 0.242 e. The number of aromatic amines is 1. The van der Waals surface area contributed by atoms with E-state index in [0.29, 0.717) is 18.9 Å². The van der Waals surface area contributed by atoms with Crippen LogP contribution < -0.4 is 10.2 Å². The smallest absolute Gasteiger partial charge is 0.242 e. The summed E-state index contributed by atoms with van der Waals surface area (Å²) >= 11 is 0. The molecule has 2 N–H and O–H groups in total. The van der Waals surface area contributed by atoms with Crippen molar-refractivity contribution in [1.82, 2.24) is 24.1 Å². The van der Waals surface area contributed by atoms with Gasteiger partial charge in [0.15, 0.2) is 5.82 Å². The first kappa shape index (κ1) is 20.2. The number of fused-ring (bicyclic) bond motifs is 1. The molecule has 0 aliphatic carbocycles. The molecular formula is C20H25N7O2S. The standard InChI is InChI=1S/C20H25N7O2S/c1-5-25(4)30(28,29)17-8-6-7-16(10-17)26-12-19-21-15(3)11-27(19)20(13-26)22-18-9-14(2)23-24-18/h6-11,13H,5,12H2,1-4H3,(H2,22,23,24). The predicted molar refractivity (Wildman–Crippen MR) is 116 cm³/mol. The summed E-state index contributed by atoms with van der Waals surface area (Å²) in [4.78, 5) is 6.87. The van der Waals surface area contributed by atoms with Crippen LogP contribution in [0.5, 0.6) is 0 Å². The number of rotatable bonds is 6. The maximum atomic E-state index is 12.8. The average molecular weight is 428 g/mol. The Morgan fingerprint density at radius 1 is 1.27 bits per heavy atom. The number of nitrogens with zero attached hydrogens (tertiary/aromatic N) is 5. The molecule has 2 aromatic heterocycles. The van der Waals surface area contributed by atoms with E-state index in [2.05, 4.69) is 20.5 Å². The molecule has 0 amide bonds. The van der Waals surface area contributed by atoms with Gasteiger partial charge in [0.2, 0.25) is 10.0 Å². The van der Waals surface area contributed by atoms with E-state index < -0.39 is 10.0 Å². The maximum absolute atomic E-state index is 12.8. The highest BCUT2D eigenvalue weighted by molar-refractivity contribution is 7.89. The number of aryl methyl sites for hydroxylation is 2. The van der Waals surface area contributed by atoms with E-state index in [9.17, 15) is 8.42 Å². The van der Waals surface area contributed by atoms with Gasteiger partial charge in [-0.15, -0.1) is 0 Å². The fraction of sp³-hybridized carbons (Fsp3) is 0.300. The number of anilines is 2. The van der Waals surface area contributed by atoms with Crippen LogP contribution in [-0.4, -0.2) is 46.1 Å². The molecule has 4 rings (SSSR count). The van der Waals surface area contributed by atoms with Crippen molar-refractivity contribution < 1.29 is 8.42 Å². The molecule has 10 heteroatoms. The third-order valence-electron chi connectivity index (χ3n) is 5.01. The summed E-state index contributed by atoms with van der Waals surface area (Å²) < 4.78 is 28.8. The van der Waals surface area contributed by atoms with Crippen molar-refractivity contribution in [3.8, 4) is 0 Å². The van der Waals surface area contributed by atoms with Crippen LogP contribution in [0.15, 0.2) is 47.6 Å². The van der Waals surface area contributed by atoms with E-state index in [1.165, 1.54) is 4.31 Å². The molecule has 158 valence electrons. The molecule has 0 spiro atoms. The lowest BCUT2D eigenvalue weighted by atomic mass is 10.2. The van der Waals surface area contributed by atoms with Crippen molar-refractivity contribution in [3.05, 3.63) is 59.9 Å². The van der Waals surface area contributed by atoms with E-state index in [1.807, 2.05) is 54.8 Å². The van der Waals surface area contributed by atoms with Crippen LogP contribution in [0.25, 0.3) is 5.82 Å². The highest BCUT2D eigenvalue weighted by Gasteiger charge is 2.23. The lowest BCUT2D eigenvalue weighted by Gasteiger charge is -2.28. The molecule has 0 fully saturated rings. The van der Waals surface area contributed by atoms with E-state index >= 15 is 0 Å². The summed E-state index contributed by atoms with van der Waals surface area (Å²) in [5.41, 5.74) is 2.62. The molecule has 0 bridgehead atoms. The first-order chi connectivity index (χ1) is 14.3.